The number of rotatable bonds is 2. The number of aryl methyl sites for hydroxylation is 2. The van der Waals surface area contributed by atoms with Gasteiger partial charge in [-0.3, -0.25) is 0 Å². The Kier molecular flexibility index (Phi) is 3.84. The van der Waals surface area contributed by atoms with Gasteiger partial charge in [-0.25, -0.2) is 9.18 Å². The molecular weight excluding hydrogens is 283 g/mol. The Balaban J connectivity index is 2.20. The second-order valence-electron chi connectivity index (χ2n) is 5.36. The fourth-order valence-electron chi connectivity index (χ4n) is 2.97. The van der Waals surface area contributed by atoms with Crippen LogP contribution in [0.4, 0.5) is 4.39 Å². The molecular formula is C18H17FO3. The fraction of sp³-hybridized carbons (Fsp3) is 0.278. The molecule has 4 heteroatoms. The van der Waals surface area contributed by atoms with Gasteiger partial charge in [0.2, 0.25) is 0 Å². The van der Waals surface area contributed by atoms with Crippen LogP contribution in [0.15, 0.2) is 30.3 Å². The second-order valence-corrected chi connectivity index (χ2v) is 5.36. The molecule has 1 aliphatic carbocycles. The summed E-state index contributed by atoms with van der Waals surface area (Å²) in [5.41, 5.74) is 3.98. The van der Waals surface area contributed by atoms with Crippen LogP contribution in [-0.4, -0.2) is 20.2 Å². The molecule has 22 heavy (non-hydrogen) atoms. The van der Waals surface area contributed by atoms with Crippen molar-refractivity contribution in [3.05, 3.63) is 52.8 Å². The Hall–Kier alpha value is -2.36. The van der Waals surface area contributed by atoms with Gasteiger partial charge in [-0.15, -0.1) is 0 Å². The van der Waals surface area contributed by atoms with E-state index in [2.05, 4.69) is 4.74 Å². The molecule has 2 aromatic rings. The average Bonchev–Trinajstić information content (AvgIpc) is 2.71. The minimum absolute atomic E-state index is 0.0232. The van der Waals surface area contributed by atoms with E-state index in [1.807, 2.05) is 18.2 Å². The zero-order valence-electron chi connectivity index (χ0n) is 12.6. The standard InChI is InChI=1S/C18H17FO3/c1-21-13-6-7-14-11(8-13)4-3-5-12-9-17(19)16(10-15(12)14)18(20)22-2/h6-10H,3-5H2,1-2H3. The van der Waals surface area contributed by atoms with Gasteiger partial charge in [0, 0.05) is 0 Å². The molecule has 0 spiro atoms. The highest BCUT2D eigenvalue weighted by molar-refractivity contribution is 5.92. The highest BCUT2D eigenvalue weighted by Crippen LogP contribution is 2.36. The molecule has 0 saturated heterocycles. The van der Waals surface area contributed by atoms with Crippen LogP contribution in [0.5, 0.6) is 5.75 Å². The van der Waals surface area contributed by atoms with E-state index in [1.54, 1.807) is 13.2 Å². The molecule has 114 valence electrons. The summed E-state index contributed by atoms with van der Waals surface area (Å²) in [6.07, 6.45) is 2.62. The van der Waals surface area contributed by atoms with Crippen LogP contribution < -0.4 is 4.74 Å². The molecule has 0 unspecified atom stereocenters. The Morgan fingerprint density at radius 1 is 1.05 bits per heavy atom. The number of benzene rings is 2. The zero-order chi connectivity index (χ0) is 15.7. The first-order valence-corrected chi connectivity index (χ1v) is 7.22. The van der Waals surface area contributed by atoms with Crippen molar-refractivity contribution in [1.82, 2.24) is 0 Å². The molecule has 0 bridgehead atoms. The average molecular weight is 300 g/mol. The molecule has 0 amide bonds. The highest BCUT2D eigenvalue weighted by Gasteiger charge is 2.21. The molecule has 3 nitrogen and oxygen atoms in total. The molecule has 2 aromatic carbocycles. The van der Waals surface area contributed by atoms with Crippen LogP contribution in [0, 0.1) is 5.82 Å². The van der Waals surface area contributed by atoms with Crippen LogP contribution in [0.1, 0.15) is 27.9 Å². The summed E-state index contributed by atoms with van der Waals surface area (Å²) in [4.78, 5) is 11.7. The minimum Gasteiger partial charge on any atom is -0.497 e. The number of carbonyl (C=O) groups excluding carboxylic acids is 1. The monoisotopic (exact) mass is 300 g/mol. The van der Waals surface area contributed by atoms with Crippen molar-refractivity contribution >= 4 is 5.97 Å². The van der Waals surface area contributed by atoms with Gasteiger partial charge in [0.15, 0.2) is 0 Å². The third-order valence-electron chi connectivity index (χ3n) is 4.09. The van der Waals surface area contributed by atoms with Gasteiger partial charge in [-0.2, -0.15) is 0 Å². The molecule has 0 aromatic heterocycles. The lowest BCUT2D eigenvalue weighted by Crippen LogP contribution is -2.06. The van der Waals surface area contributed by atoms with Gasteiger partial charge in [0.05, 0.1) is 19.8 Å². The normalized spacial score (nSPS) is 12.9. The maximum Gasteiger partial charge on any atom is 0.340 e. The Morgan fingerprint density at radius 3 is 2.45 bits per heavy atom. The second kappa shape index (κ2) is 5.79. The third-order valence-corrected chi connectivity index (χ3v) is 4.09. The van der Waals surface area contributed by atoms with Crippen molar-refractivity contribution in [1.29, 1.82) is 0 Å². The SMILES string of the molecule is COC(=O)c1cc2c(cc1F)CCCc1cc(OC)ccc1-2. The smallest absolute Gasteiger partial charge is 0.340 e. The van der Waals surface area contributed by atoms with E-state index in [0.29, 0.717) is 0 Å². The summed E-state index contributed by atoms with van der Waals surface area (Å²) >= 11 is 0. The molecule has 0 saturated carbocycles. The number of fused-ring (bicyclic) bond motifs is 3. The molecule has 3 rings (SSSR count). The van der Waals surface area contributed by atoms with Gasteiger partial charge < -0.3 is 9.47 Å². The van der Waals surface area contributed by atoms with E-state index in [-0.39, 0.29) is 5.56 Å². The zero-order valence-corrected chi connectivity index (χ0v) is 12.6. The maximum absolute atomic E-state index is 14.1. The molecule has 0 N–H and O–H groups in total. The van der Waals surface area contributed by atoms with Crippen molar-refractivity contribution < 1.29 is 18.7 Å². The number of hydrogen-bond donors (Lipinski definition) is 0. The van der Waals surface area contributed by atoms with Crippen molar-refractivity contribution in [3.63, 3.8) is 0 Å². The van der Waals surface area contributed by atoms with Gasteiger partial charge in [0.1, 0.15) is 11.6 Å². The summed E-state index contributed by atoms with van der Waals surface area (Å²) in [7, 11) is 2.89. The molecule has 0 fully saturated rings. The van der Waals surface area contributed by atoms with Crippen molar-refractivity contribution in [2.24, 2.45) is 0 Å². The van der Waals surface area contributed by atoms with Crippen LogP contribution in [0.25, 0.3) is 11.1 Å². The van der Waals surface area contributed by atoms with Gasteiger partial charge >= 0.3 is 5.97 Å². The Morgan fingerprint density at radius 2 is 1.77 bits per heavy atom. The quantitative estimate of drug-likeness (QED) is 0.792. The molecule has 0 radical (unpaired) electrons. The van der Waals surface area contributed by atoms with Crippen LogP contribution in [0.2, 0.25) is 0 Å². The Labute approximate surface area is 128 Å². The predicted molar refractivity (Wildman–Crippen MR) is 81.8 cm³/mol. The van der Waals surface area contributed by atoms with E-state index in [9.17, 15) is 9.18 Å². The van der Waals surface area contributed by atoms with E-state index in [4.69, 9.17) is 4.74 Å². The molecule has 0 heterocycles. The molecule has 0 atom stereocenters. The number of methoxy groups -OCH3 is 2. The third kappa shape index (κ3) is 2.45. The lowest BCUT2D eigenvalue weighted by Gasteiger charge is -2.13. The summed E-state index contributed by atoms with van der Waals surface area (Å²) in [6, 6.07) is 8.92. The molecule has 0 aliphatic heterocycles. The van der Waals surface area contributed by atoms with Gasteiger partial charge in [0.25, 0.3) is 0 Å². The number of esters is 1. The largest absolute Gasteiger partial charge is 0.497 e. The van der Waals surface area contributed by atoms with E-state index < -0.39 is 11.8 Å². The van der Waals surface area contributed by atoms with E-state index >= 15 is 0 Å². The van der Waals surface area contributed by atoms with Crippen molar-refractivity contribution in [2.75, 3.05) is 14.2 Å². The first kappa shape index (κ1) is 14.6. The number of carbonyl (C=O) groups is 1. The van der Waals surface area contributed by atoms with E-state index in [1.165, 1.54) is 13.2 Å². The van der Waals surface area contributed by atoms with E-state index in [0.717, 1.165) is 47.3 Å². The summed E-state index contributed by atoms with van der Waals surface area (Å²) in [6.45, 7) is 0. The maximum atomic E-state index is 14.1. The van der Waals surface area contributed by atoms with Crippen molar-refractivity contribution in [2.45, 2.75) is 19.3 Å². The van der Waals surface area contributed by atoms with Gasteiger partial charge in [-0.05, 0) is 65.8 Å². The first-order valence-electron chi connectivity index (χ1n) is 7.22. The van der Waals surface area contributed by atoms with Gasteiger partial charge in [-0.1, -0.05) is 6.07 Å². The number of halogens is 1. The first-order chi connectivity index (χ1) is 10.6. The molecule has 1 aliphatic rings. The van der Waals surface area contributed by atoms with Crippen molar-refractivity contribution in [3.8, 4) is 16.9 Å². The summed E-state index contributed by atoms with van der Waals surface area (Å²) in [5.74, 6) is -0.375. The summed E-state index contributed by atoms with van der Waals surface area (Å²) in [5, 5.41) is 0. The lowest BCUT2D eigenvalue weighted by molar-refractivity contribution is 0.0595. The number of ether oxygens (including phenoxy) is 2. The van der Waals surface area contributed by atoms with Crippen LogP contribution >= 0.6 is 0 Å². The fourth-order valence-corrected chi connectivity index (χ4v) is 2.97. The lowest BCUT2D eigenvalue weighted by atomic mass is 9.94. The minimum atomic E-state index is -0.653. The van der Waals surface area contributed by atoms with Crippen LogP contribution in [-0.2, 0) is 17.6 Å². The topological polar surface area (TPSA) is 35.5 Å². The Bertz CT molecular complexity index is 737. The number of hydrogen-bond acceptors (Lipinski definition) is 3. The highest BCUT2D eigenvalue weighted by atomic mass is 19.1. The summed E-state index contributed by atoms with van der Waals surface area (Å²) < 4.78 is 24.1. The predicted octanol–water partition coefficient (Wildman–Crippen LogP) is 3.78. The van der Waals surface area contributed by atoms with Crippen LogP contribution in [0.3, 0.4) is 0 Å².